The number of rotatable bonds is 2. The van der Waals surface area contributed by atoms with E-state index in [1.807, 2.05) is 30.6 Å². The standard InChI is InChI=1S/C16H16N4/c17-10-13-6-8-20(9-7-13)16-18-11-15(12-19-16)14-4-2-1-3-5-14/h1-5,11-13H,6-9H2. The van der Waals surface area contributed by atoms with Crippen molar-refractivity contribution in [1.82, 2.24) is 9.97 Å². The highest BCUT2D eigenvalue weighted by atomic mass is 15.2. The van der Waals surface area contributed by atoms with Gasteiger partial charge in [-0.1, -0.05) is 30.3 Å². The van der Waals surface area contributed by atoms with Crippen molar-refractivity contribution >= 4 is 5.95 Å². The second-order valence-corrected chi connectivity index (χ2v) is 5.03. The monoisotopic (exact) mass is 264 g/mol. The molecule has 3 rings (SSSR count). The van der Waals surface area contributed by atoms with Gasteiger partial charge in [-0.15, -0.1) is 0 Å². The highest BCUT2D eigenvalue weighted by molar-refractivity contribution is 5.61. The van der Waals surface area contributed by atoms with Gasteiger partial charge in [0.05, 0.1) is 6.07 Å². The summed E-state index contributed by atoms with van der Waals surface area (Å²) in [5, 5.41) is 8.91. The molecule has 1 aromatic carbocycles. The van der Waals surface area contributed by atoms with Gasteiger partial charge in [0.1, 0.15) is 0 Å². The highest BCUT2D eigenvalue weighted by Gasteiger charge is 2.20. The van der Waals surface area contributed by atoms with E-state index in [-0.39, 0.29) is 5.92 Å². The predicted octanol–water partition coefficient (Wildman–Crippen LogP) is 2.88. The van der Waals surface area contributed by atoms with Gasteiger partial charge in [-0.25, -0.2) is 9.97 Å². The van der Waals surface area contributed by atoms with Gasteiger partial charge in [-0.05, 0) is 18.4 Å². The Kier molecular flexibility index (Phi) is 3.60. The molecule has 100 valence electrons. The van der Waals surface area contributed by atoms with E-state index >= 15 is 0 Å². The second-order valence-electron chi connectivity index (χ2n) is 5.03. The first-order valence-electron chi connectivity index (χ1n) is 6.89. The van der Waals surface area contributed by atoms with Crippen molar-refractivity contribution < 1.29 is 0 Å². The minimum atomic E-state index is 0.190. The quantitative estimate of drug-likeness (QED) is 0.837. The van der Waals surface area contributed by atoms with Gasteiger partial charge in [-0.3, -0.25) is 0 Å². The molecule has 20 heavy (non-hydrogen) atoms. The van der Waals surface area contributed by atoms with Crippen LogP contribution in [0.1, 0.15) is 12.8 Å². The first-order valence-corrected chi connectivity index (χ1v) is 6.89. The normalized spacial score (nSPS) is 15.8. The van der Waals surface area contributed by atoms with Crippen LogP contribution in [0.3, 0.4) is 0 Å². The molecule has 0 aliphatic carbocycles. The third-order valence-corrected chi connectivity index (χ3v) is 3.71. The van der Waals surface area contributed by atoms with Crippen LogP contribution in [0.5, 0.6) is 0 Å². The average Bonchev–Trinajstić information content (AvgIpc) is 2.56. The maximum absolute atomic E-state index is 8.91. The van der Waals surface area contributed by atoms with Crippen LogP contribution in [0, 0.1) is 17.2 Å². The molecule has 0 atom stereocenters. The van der Waals surface area contributed by atoms with E-state index in [9.17, 15) is 0 Å². The van der Waals surface area contributed by atoms with Crippen LogP contribution in [0.15, 0.2) is 42.7 Å². The summed E-state index contributed by atoms with van der Waals surface area (Å²) in [6.07, 6.45) is 5.54. The summed E-state index contributed by atoms with van der Waals surface area (Å²) in [6, 6.07) is 12.5. The molecule has 1 aliphatic rings. The number of piperidine rings is 1. The van der Waals surface area contributed by atoms with Gasteiger partial charge >= 0.3 is 0 Å². The first-order chi connectivity index (χ1) is 9.86. The number of nitriles is 1. The van der Waals surface area contributed by atoms with Gasteiger partial charge in [0, 0.05) is 37.0 Å². The molecule has 2 heterocycles. The molecule has 1 aliphatic heterocycles. The van der Waals surface area contributed by atoms with Crippen molar-refractivity contribution in [2.45, 2.75) is 12.8 Å². The Balaban J connectivity index is 1.73. The lowest BCUT2D eigenvalue weighted by Crippen LogP contribution is -2.34. The number of anilines is 1. The lowest BCUT2D eigenvalue weighted by Gasteiger charge is -2.28. The second kappa shape index (κ2) is 5.70. The first kappa shape index (κ1) is 12.6. The lowest BCUT2D eigenvalue weighted by molar-refractivity contribution is 0.482. The summed E-state index contributed by atoms with van der Waals surface area (Å²) in [6.45, 7) is 1.73. The van der Waals surface area contributed by atoms with Crippen molar-refractivity contribution in [2.24, 2.45) is 5.92 Å². The van der Waals surface area contributed by atoms with Crippen LogP contribution < -0.4 is 4.90 Å². The average molecular weight is 264 g/mol. The zero-order valence-corrected chi connectivity index (χ0v) is 11.2. The van der Waals surface area contributed by atoms with Crippen LogP contribution in [0.4, 0.5) is 5.95 Å². The molecule has 0 unspecified atom stereocenters. The maximum atomic E-state index is 8.91. The molecule has 1 fully saturated rings. The fraction of sp³-hybridized carbons (Fsp3) is 0.312. The molecule has 0 saturated carbocycles. The van der Waals surface area contributed by atoms with Crippen LogP contribution in [0.2, 0.25) is 0 Å². The number of hydrogen-bond acceptors (Lipinski definition) is 4. The van der Waals surface area contributed by atoms with Gasteiger partial charge in [-0.2, -0.15) is 5.26 Å². The zero-order valence-electron chi connectivity index (χ0n) is 11.2. The fourth-order valence-corrected chi connectivity index (χ4v) is 2.47. The Morgan fingerprint density at radius 1 is 1.00 bits per heavy atom. The lowest BCUT2D eigenvalue weighted by atomic mass is 9.99. The van der Waals surface area contributed by atoms with Gasteiger partial charge in [0.2, 0.25) is 5.95 Å². The Bertz CT molecular complexity index is 593. The van der Waals surface area contributed by atoms with Crippen LogP contribution in [-0.4, -0.2) is 23.1 Å². The topological polar surface area (TPSA) is 52.8 Å². The summed E-state index contributed by atoms with van der Waals surface area (Å²) in [5.41, 5.74) is 2.16. The molecule has 1 saturated heterocycles. The van der Waals surface area contributed by atoms with Crippen molar-refractivity contribution in [1.29, 1.82) is 5.26 Å². The number of benzene rings is 1. The third kappa shape index (κ3) is 2.62. The van der Waals surface area contributed by atoms with E-state index in [4.69, 9.17) is 5.26 Å². The summed E-state index contributed by atoms with van der Waals surface area (Å²) in [7, 11) is 0. The predicted molar refractivity (Wildman–Crippen MR) is 78.0 cm³/mol. The van der Waals surface area contributed by atoms with Crippen molar-refractivity contribution in [2.75, 3.05) is 18.0 Å². The molecule has 1 aromatic heterocycles. The van der Waals surface area contributed by atoms with E-state index in [1.165, 1.54) is 0 Å². The summed E-state index contributed by atoms with van der Waals surface area (Å²) in [5.74, 6) is 0.955. The summed E-state index contributed by atoms with van der Waals surface area (Å²) >= 11 is 0. The van der Waals surface area contributed by atoms with Crippen molar-refractivity contribution in [3.05, 3.63) is 42.7 Å². The molecule has 4 nitrogen and oxygen atoms in total. The minimum Gasteiger partial charge on any atom is -0.341 e. The summed E-state index contributed by atoms with van der Waals surface area (Å²) < 4.78 is 0. The molecule has 0 radical (unpaired) electrons. The van der Waals surface area contributed by atoms with E-state index in [1.54, 1.807) is 0 Å². The maximum Gasteiger partial charge on any atom is 0.225 e. The molecule has 0 bridgehead atoms. The Hall–Kier alpha value is -2.41. The Labute approximate surface area is 118 Å². The number of hydrogen-bond donors (Lipinski definition) is 0. The number of nitrogens with zero attached hydrogens (tertiary/aromatic N) is 4. The minimum absolute atomic E-state index is 0.190. The van der Waals surface area contributed by atoms with Gasteiger partial charge in [0.25, 0.3) is 0 Å². The van der Waals surface area contributed by atoms with E-state index in [0.717, 1.165) is 43.0 Å². The zero-order chi connectivity index (χ0) is 13.8. The van der Waals surface area contributed by atoms with Crippen LogP contribution in [0.25, 0.3) is 11.1 Å². The van der Waals surface area contributed by atoms with E-state index < -0.39 is 0 Å². The Morgan fingerprint density at radius 2 is 1.65 bits per heavy atom. The summed E-state index contributed by atoms with van der Waals surface area (Å²) in [4.78, 5) is 11.1. The molecule has 0 spiro atoms. The van der Waals surface area contributed by atoms with Crippen LogP contribution >= 0.6 is 0 Å². The molecular weight excluding hydrogens is 248 g/mol. The smallest absolute Gasteiger partial charge is 0.225 e. The van der Waals surface area contributed by atoms with Gasteiger partial charge < -0.3 is 4.90 Å². The molecule has 4 heteroatoms. The van der Waals surface area contributed by atoms with E-state index in [2.05, 4.69) is 33.1 Å². The number of aromatic nitrogens is 2. The van der Waals surface area contributed by atoms with Crippen LogP contribution in [-0.2, 0) is 0 Å². The van der Waals surface area contributed by atoms with Crippen molar-refractivity contribution in [3.63, 3.8) is 0 Å². The fourth-order valence-electron chi connectivity index (χ4n) is 2.47. The molecule has 0 amide bonds. The van der Waals surface area contributed by atoms with E-state index in [0.29, 0.717) is 0 Å². The SMILES string of the molecule is N#CC1CCN(c2ncc(-c3ccccc3)cn2)CC1. The molecule has 0 N–H and O–H groups in total. The van der Waals surface area contributed by atoms with Crippen molar-refractivity contribution in [3.8, 4) is 17.2 Å². The Morgan fingerprint density at radius 3 is 2.25 bits per heavy atom. The largest absolute Gasteiger partial charge is 0.341 e. The van der Waals surface area contributed by atoms with Gasteiger partial charge in [0.15, 0.2) is 0 Å². The molecule has 2 aromatic rings. The molecular formula is C16H16N4. The third-order valence-electron chi connectivity index (χ3n) is 3.71. The highest BCUT2D eigenvalue weighted by Crippen LogP contribution is 2.22.